The molecule has 2 aromatic heterocycles. The number of halogens is 1. The number of pyridine rings is 1. The SMILES string of the molecule is C[C@]12CCC[C@H](N1)[C@@H](F)[C@H](Oc1ncc(-c3cc4ccncc4cc3O)nn1)C2. The third-order valence-electron chi connectivity index (χ3n) is 6.00. The van der Waals surface area contributed by atoms with Crippen LogP contribution in [0.1, 0.15) is 32.6 Å². The Morgan fingerprint density at radius 1 is 1.24 bits per heavy atom. The summed E-state index contributed by atoms with van der Waals surface area (Å²) in [5.74, 6) is 0.0678. The van der Waals surface area contributed by atoms with E-state index in [2.05, 4.69) is 32.4 Å². The van der Waals surface area contributed by atoms with Crippen LogP contribution in [0.15, 0.2) is 36.8 Å². The number of rotatable bonds is 3. The van der Waals surface area contributed by atoms with Gasteiger partial charge in [0.1, 0.15) is 17.5 Å². The maximum Gasteiger partial charge on any atom is 0.336 e. The van der Waals surface area contributed by atoms with Crippen molar-refractivity contribution in [1.29, 1.82) is 0 Å². The molecule has 29 heavy (non-hydrogen) atoms. The summed E-state index contributed by atoms with van der Waals surface area (Å²) in [7, 11) is 0. The van der Waals surface area contributed by atoms with Gasteiger partial charge < -0.3 is 15.2 Å². The maximum atomic E-state index is 14.8. The van der Waals surface area contributed by atoms with E-state index in [1.54, 1.807) is 18.5 Å². The third-order valence-corrected chi connectivity index (χ3v) is 6.00. The molecule has 2 saturated heterocycles. The van der Waals surface area contributed by atoms with E-state index < -0.39 is 12.3 Å². The highest BCUT2D eigenvalue weighted by Gasteiger charge is 2.47. The van der Waals surface area contributed by atoms with Gasteiger partial charge in [-0.1, -0.05) is 5.10 Å². The minimum absolute atomic E-state index is 0.0504. The molecular formula is C21H22FN5O2. The van der Waals surface area contributed by atoms with Gasteiger partial charge in [0.25, 0.3) is 0 Å². The second-order valence-electron chi connectivity index (χ2n) is 8.23. The number of benzene rings is 1. The van der Waals surface area contributed by atoms with Crippen molar-refractivity contribution in [1.82, 2.24) is 25.5 Å². The van der Waals surface area contributed by atoms with Crippen molar-refractivity contribution in [2.75, 3.05) is 0 Å². The zero-order chi connectivity index (χ0) is 20.0. The number of nitrogens with one attached hydrogen (secondary N) is 1. The first kappa shape index (κ1) is 18.2. The van der Waals surface area contributed by atoms with Crippen LogP contribution in [0.2, 0.25) is 0 Å². The Labute approximate surface area is 167 Å². The number of fused-ring (bicyclic) bond motifs is 3. The number of hydrogen-bond donors (Lipinski definition) is 2. The van der Waals surface area contributed by atoms with Gasteiger partial charge in [0.2, 0.25) is 0 Å². The molecule has 2 aliphatic rings. The van der Waals surface area contributed by atoms with Gasteiger partial charge in [-0.3, -0.25) is 4.98 Å². The second-order valence-corrected chi connectivity index (χ2v) is 8.23. The number of phenolic OH excluding ortho intramolecular Hbond substituents is 1. The highest BCUT2D eigenvalue weighted by atomic mass is 19.1. The summed E-state index contributed by atoms with van der Waals surface area (Å²) in [6, 6.07) is 5.15. The Bertz CT molecular complexity index is 1050. The van der Waals surface area contributed by atoms with Crippen molar-refractivity contribution in [3.05, 3.63) is 36.8 Å². The Kier molecular flexibility index (Phi) is 4.31. The maximum absolute atomic E-state index is 14.8. The number of hydrogen-bond acceptors (Lipinski definition) is 7. The van der Waals surface area contributed by atoms with E-state index in [0.717, 1.165) is 30.0 Å². The summed E-state index contributed by atoms with van der Waals surface area (Å²) in [4.78, 5) is 8.27. The van der Waals surface area contributed by atoms with E-state index in [1.165, 1.54) is 6.20 Å². The fourth-order valence-corrected chi connectivity index (χ4v) is 4.53. The molecule has 150 valence electrons. The van der Waals surface area contributed by atoms with Gasteiger partial charge in [0.15, 0.2) is 6.17 Å². The minimum Gasteiger partial charge on any atom is -0.507 e. The topological polar surface area (TPSA) is 93.0 Å². The smallest absolute Gasteiger partial charge is 0.336 e. The van der Waals surface area contributed by atoms with Gasteiger partial charge >= 0.3 is 6.01 Å². The molecule has 2 bridgehead atoms. The standard InChI is InChI=1S/C21H22FN5O2/c1-21-5-2-3-15(25-21)19(22)18(9-21)29-20-24-11-16(26-27-20)14-7-12-4-6-23-10-13(12)8-17(14)28/h4,6-8,10-11,15,18-19,25,28H,2-3,5,9H2,1H3/t15-,18+,19+,21+/m0/s1. The Morgan fingerprint density at radius 2 is 2.14 bits per heavy atom. The van der Waals surface area contributed by atoms with Crippen LogP contribution in [0.25, 0.3) is 22.0 Å². The van der Waals surface area contributed by atoms with Crippen molar-refractivity contribution in [2.45, 2.75) is 56.5 Å². The van der Waals surface area contributed by atoms with Crippen LogP contribution in [0.5, 0.6) is 11.8 Å². The van der Waals surface area contributed by atoms with Gasteiger partial charge in [-0.25, -0.2) is 9.37 Å². The zero-order valence-corrected chi connectivity index (χ0v) is 16.0. The lowest BCUT2D eigenvalue weighted by molar-refractivity contribution is -0.0243. The molecule has 2 N–H and O–H groups in total. The molecule has 0 unspecified atom stereocenters. The highest BCUT2D eigenvalue weighted by Crippen LogP contribution is 2.37. The molecule has 0 spiro atoms. The highest BCUT2D eigenvalue weighted by molar-refractivity contribution is 5.89. The monoisotopic (exact) mass is 395 g/mol. The fraction of sp³-hybridized carbons (Fsp3) is 0.429. The van der Waals surface area contributed by atoms with Crippen LogP contribution in [-0.2, 0) is 0 Å². The van der Waals surface area contributed by atoms with Crippen molar-refractivity contribution in [3.8, 4) is 23.0 Å². The molecule has 5 rings (SSSR count). The van der Waals surface area contributed by atoms with E-state index in [-0.39, 0.29) is 23.3 Å². The van der Waals surface area contributed by atoms with Crippen LogP contribution < -0.4 is 10.1 Å². The normalized spacial score (nSPS) is 29.0. The molecule has 0 aliphatic carbocycles. The lowest BCUT2D eigenvalue weighted by Crippen LogP contribution is -2.64. The quantitative estimate of drug-likeness (QED) is 0.703. The van der Waals surface area contributed by atoms with E-state index in [4.69, 9.17) is 4.74 Å². The second kappa shape index (κ2) is 6.88. The third kappa shape index (κ3) is 3.37. The first-order valence-electron chi connectivity index (χ1n) is 9.86. The number of aromatic hydroxyl groups is 1. The number of ether oxygens (including phenoxy) is 1. The van der Waals surface area contributed by atoms with E-state index in [9.17, 15) is 9.50 Å². The van der Waals surface area contributed by atoms with Crippen LogP contribution in [0.3, 0.4) is 0 Å². The molecule has 3 aromatic rings. The van der Waals surface area contributed by atoms with Crippen LogP contribution in [0.4, 0.5) is 4.39 Å². The summed E-state index contributed by atoms with van der Waals surface area (Å²) in [5.41, 5.74) is 0.817. The molecule has 8 heteroatoms. The zero-order valence-electron chi connectivity index (χ0n) is 16.0. The molecule has 0 radical (unpaired) electrons. The van der Waals surface area contributed by atoms with Gasteiger partial charge in [-0.2, -0.15) is 0 Å². The van der Waals surface area contributed by atoms with Gasteiger partial charge in [-0.15, -0.1) is 5.10 Å². The number of piperidine rings is 2. The molecule has 2 aliphatic heterocycles. The number of alkyl halides is 1. The van der Waals surface area contributed by atoms with Gasteiger partial charge in [0, 0.05) is 41.3 Å². The molecule has 4 atom stereocenters. The summed E-state index contributed by atoms with van der Waals surface area (Å²) in [5, 5.41) is 23.7. The molecule has 4 heterocycles. The van der Waals surface area contributed by atoms with Crippen molar-refractivity contribution in [2.24, 2.45) is 0 Å². The van der Waals surface area contributed by atoms with Crippen LogP contribution >= 0.6 is 0 Å². The molecule has 7 nitrogen and oxygen atoms in total. The van der Waals surface area contributed by atoms with E-state index in [0.29, 0.717) is 17.7 Å². The number of nitrogens with zero attached hydrogens (tertiary/aromatic N) is 4. The van der Waals surface area contributed by atoms with Crippen molar-refractivity contribution in [3.63, 3.8) is 0 Å². The van der Waals surface area contributed by atoms with E-state index in [1.807, 2.05) is 12.1 Å². The summed E-state index contributed by atoms with van der Waals surface area (Å²) >= 11 is 0. The summed E-state index contributed by atoms with van der Waals surface area (Å²) in [6.07, 6.45) is 6.56. The molecule has 2 fully saturated rings. The summed E-state index contributed by atoms with van der Waals surface area (Å²) in [6.45, 7) is 2.11. The van der Waals surface area contributed by atoms with Gasteiger partial charge in [-0.05, 0) is 49.8 Å². The fourth-order valence-electron chi connectivity index (χ4n) is 4.53. The molecule has 0 saturated carbocycles. The Morgan fingerprint density at radius 3 is 2.97 bits per heavy atom. The lowest BCUT2D eigenvalue weighted by Gasteiger charge is -2.48. The number of phenols is 1. The summed E-state index contributed by atoms with van der Waals surface area (Å²) < 4.78 is 20.6. The Balaban J connectivity index is 1.37. The van der Waals surface area contributed by atoms with Crippen molar-refractivity contribution >= 4 is 10.8 Å². The van der Waals surface area contributed by atoms with Crippen LogP contribution in [-0.4, -0.2) is 49.1 Å². The first-order valence-corrected chi connectivity index (χ1v) is 9.86. The molecular weight excluding hydrogens is 373 g/mol. The number of aromatic nitrogens is 4. The average Bonchev–Trinajstić information content (AvgIpc) is 2.72. The van der Waals surface area contributed by atoms with Gasteiger partial charge in [0.05, 0.1) is 6.20 Å². The van der Waals surface area contributed by atoms with Crippen molar-refractivity contribution < 1.29 is 14.2 Å². The first-order chi connectivity index (χ1) is 14.0. The van der Waals surface area contributed by atoms with Crippen LogP contribution in [0, 0.1) is 0 Å². The predicted octanol–water partition coefficient (Wildman–Crippen LogP) is 3.18. The average molecular weight is 395 g/mol. The lowest BCUT2D eigenvalue weighted by atomic mass is 9.75. The van der Waals surface area contributed by atoms with E-state index >= 15 is 0 Å². The molecule has 1 aromatic carbocycles. The Hall–Kier alpha value is -2.87. The minimum atomic E-state index is -1.11. The predicted molar refractivity (Wildman–Crippen MR) is 105 cm³/mol. The largest absolute Gasteiger partial charge is 0.507 e. The molecule has 0 amide bonds.